The van der Waals surface area contributed by atoms with Gasteiger partial charge in [-0.15, -0.1) is 0 Å². The number of aromatic nitrogens is 1. The van der Waals surface area contributed by atoms with Crippen LogP contribution in [0.25, 0.3) is 21.9 Å². The summed E-state index contributed by atoms with van der Waals surface area (Å²) in [5.41, 5.74) is 4.07. The first kappa shape index (κ1) is 30.5. The third kappa shape index (κ3) is 5.79. The average molecular weight is 613 g/mol. The molecule has 0 bridgehead atoms. The maximum absolute atomic E-state index is 13.2. The highest BCUT2D eigenvalue weighted by molar-refractivity contribution is 5.99. The predicted molar refractivity (Wildman–Crippen MR) is 162 cm³/mol. The minimum atomic E-state index is -4.69. The predicted octanol–water partition coefficient (Wildman–Crippen LogP) is 5.64. The lowest BCUT2D eigenvalue weighted by molar-refractivity contribution is -0.208. The Balaban J connectivity index is 1.35. The number of aliphatic hydroxyl groups excluding tert-OH is 1. The molecule has 0 aliphatic carbocycles. The van der Waals surface area contributed by atoms with Gasteiger partial charge < -0.3 is 24.7 Å². The number of halogens is 3. The van der Waals surface area contributed by atoms with Gasteiger partial charge in [-0.1, -0.05) is 24.3 Å². The van der Waals surface area contributed by atoms with Crippen molar-refractivity contribution in [1.82, 2.24) is 14.8 Å². The van der Waals surface area contributed by atoms with Crippen LogP contribution in [0.4, 0.5) is 23.8 Å². The molecule has 2 N–H and O–H groups in total. The van der Waals surface area contributed by atoms with Crippen LogP contribution in [0.1, 0.15) is 44.0 Å². The van der Waals surface area contributed by atoms with Crippen LogP contribution in [0, 0.1) is 12.3 Å². The van der Waals surface area contributed by atoms with Crippen LogP contribution >= 0.6 is 0 Å². The van der Waals surface area contributed by atoms with E-state index >= 15 is 0 Å². The number of aromatic hydroxyl groups is 1. The number of ether oxygens (including phenoxy) is 1. The number of phenolic OH excluding ortho intramolecular Hbond substituents is 1. The first-order chi connectivity index (χ1) is 20.6. The Kier molecular flexibility index (Phi) is 7.48. The van der Waals surface area contributed by atoms with Gasteiger partial charge in [-0.25, -0.2) is 9.78 Å². The summed E-state index contributed by atoms with van der Waals surface area (Å²) in [5.74, 6) is 0.964. The van der Waals surface area contributed by atoms with E-state index in [1.165, 1.54) is 0 Å². The molecule has 3 aliphatic rings. The smallest absolute Gasteiger partial charge is 0.415 e. The lowest BCUT2D eigenvalue weighted by atomic mass is 9.79. The molecule has 3 aliphatic heterocycles. The summed E-state index contributed by atoms with van der Waals surface area (Å²) in [6.45, 7) is 10.3. The van der Waals surface area contributed by atoms with Crippen molar-refractivity contribution in [2.75, 3.05) is 44.2 Å². The van der Waals surface area contributed by atoms with Gasteiger partial charge in [-0.3, -0.25) is 4.90 Å². The molecule has 6 rings (SSSR count). The summed E-state index contributed by atoms with van der Waals surface area (Å²) in [4.78, 5) is 23.3. The minimum Gasteiger partial charge on any atom is -0.508 e. The lowest BCUT2D eigenvalue weighted by Crippen LogP contribution is -2.60. The summed E-state index contributed by atoms with van der Waals surface area (Å²) in [5, 5.41) is 21.8. The summed E-state index contributed by atoms with van der Waals surface area (Å²) in [6, 6.07) is 11.2. The number of amides is 1. The monoisotopic (exact) mass is 612 g/mol. The first-order valence-electron chi connectivity index (χ1n) is 15.1. The van der Waals surface area contributed by atoms with Crippen molar-refractivity contribution in [3.63, 3.8) is 0 Å². The Morgan fingerprint density at radius 3 is 2.57 bits per heavy atom. The highest BCUT2D eigenvalue weighted by Crippen LogP contribution is 2.45. The number of likely N-dealkylation sites (tertiary alicyclic amines) is 1. The van der Waals surface area contributed by atoms with Crippen LogP contribution in [0.5, 0.6) is 5.75 Å². The van der Waals surface area contributed by atoms with Gasteiger partial charge in [-0.05, 0) is 85.7 Å². The average Bonchev–Trinajstić information content (AvgIpc) is 3.36. The second-order valence-electron chi connectivity index (χ2n) is 13.6. The Labute approximate surface area is 255 Å². The number of aliphatic hydroxyl groups is 1. The Morgan fingerprint density at radius 1 is 1.11 bits per heavy atom. The molecule has 44 heavy (non-hydrogen) atoms. The maximum Gasteiger partial charge on any atom is 0.415 e. The number of carbonyl (C=O) groups excluding carboxylic acids is 1. The summed E-state index contributed by atoms with van der Waals surface area (Å²) in [6.07, 6.45) is -6.05. The molecule has 236 valence electrons. The van der Waals surface area contributed by atoms with Gasteiger partial charge in [0.25, 0.3) is 0 Å². The van der Waals surface area contributed by atoms with E-state index in [0.717, 1.165) is 51.8 Å². The van der Waals surface area contributed by atoms with E-state index in [1.54, 1.807) is 21.9 Å². The number of alkyl halides is 3. The topological polar surface area (TPSA) is 89.4 Å². The largest absolute Gasteiger partial charge is 0.508 e. The molecule has 11 heteroatoms. The fraction of sp³-hybridized carbons (Fsp3) is 0.515. The second kappa shape index (κ2) is 10.8. The molecule has 1 unspecified atom stereocenters. The van der Waals surface area contributed by atoms with Crippen LogP contribution in [0.3, 0.4) is 0 Å². The Morgan fingerprint density at radius 2 is 1.86 bits per heavy atom. The molecular weight excluding hydrogens is 573 g/mol. The summed E-state index contributed by atoms with van der Waals surface area (Å²) < 4.78 is 45.2. The molecule has 8 nitrogen and oxygen atoms in total. The number of β-amino-alcohol motifs (C(OH)–C–C–N with tert-alkyl or cyclic N) is 1. The van der Waals surface area contributed by atoms with Crippen LogP contribution < -0.4 is 4.90 Å². The van der Waals surface area contributed by atoms with Crippen molar-refractivity contribution in [3.8, 4) is 16.9 Å². The van der Waals surface area contributed by atoms with Crippen molar-refractivity contribution in [3.05, 3.63) is 53.2 Å². The molecule has 1 spiro atoms. The lowest BCUT2D eigenvalue weighted by Gasteiger charge is -2.47. The zero-order valence-corrected chi connectivity index (χ0v) is 25.5. The molecule has 2 fully saturated rings. The van der Waals surface area contributed by atoms with Gasteiger partial charge in [0.15, 0.2) is 6.10 Å². The number of pyridine rings is 1. The highest BCUT2D eigenvalue weighted by Gasteiger charge is 2.51. The molecule has 1 amide bonds. The van der Waals surface area contributed by atoms with Gasteiger partial charge in [0, 0.05) is 51.2 Å². The molecule has 1 aromatic heterocycles. The zero-order chi connectivity index (χ0) is 31.6. The number of phenols is 1. The standard InChI is InChI=1S/C33H39F3N4O4/c1-20-28(24-7-5-6-21-14-22(41)8-9-23(21)24)25-10-12-38(16-27(42)33(34,35)36)15-26(25)37-29(20)39-13-11-32(17-39)18-40(19-32)30(43)44-31(2,3)4/h5-9,14,27,41-42H,10-13,15-19H2,1-4H3. The van der Waals surface area contributed by atoms with E-state index in [9.17, 15) is 28.2 Å². The van der Waals surface area contributed by atoms with Crippen molar-refractivity contribution >= 4 is 22.7 Å². The fourth-order valence-electron chi connectivity index (χ4n) is 6.98. The van der Waals surface area contributed by atoms with E-state index in [0.29, 0.717) is 38.3 Å². The minimum absolute atomic E-state index is 0.0685. The second-order valence-corrected chi connectivity index (χ2v) is 13.6. The van der Waals surface area contributed by atoms with Crippen LogP contribution in [0.2, 0.25) is 0 Å². The van der Waals surface area contributed by atoms with Gasteiger partial charge in [0.2, 0.25) is 0 Å². The van der Waals surface area contributed by atoms with E-state index < -0.39 is 24.4 Å². The molecule has 2 aromatic carbocycles. The third-order valence-electron chi connectivity index (χ3n) is 9.04. The summed E-state index contributed by atoms with van der Waals surface area (Å²) >= 11 is 0. The molecule has 1 atom stereocenters. The van der Waals surface area contributed by atoms with Gasteiger partial charge in [0.05, 0.1) is 5.69 Å². The maximum atomic E-state index is 13.2. The number of hydrogen-bond donors (Lipinski definition) is 2. The van der Waals surface area contributed by atoms with Gasteiger partial charge in [0.1, 0.15) is 17.2 Å². The van der Waals surface area contributed by atoms with Crippen molar-refractivity contribution in [1.29, 1.82) is 0 Å². The molecule has 4 heterocycles. The number of rotatable bonds is 4. The quantitative estimate of drug-likeness (QED) is 0.394. The van der Waals surface area contributed by atoms with Gasteiger partial charge in [-0.2, -0.15) is 13.2 Å². The summed E-state index contributed by atoms with van der Waals surface area (Å²) in [7, 11) is 0. The van der Waals surface area contributed by atoms with Gasteiger partial charge >= 0.3 is 12.3 Å². The van der Waals surface area contributed by atoms with Crippen molar-refractivity contribution in [2.24, 2.45) is 5.41 Å². The number of fused-ring (bicyclic) bond motifs is 2. The van der Waals surface area contributed by atoms with Crippen molar-refractivity contribution in [2.45, 2.75) is 65.0 Å². The normalized spacial score (nSPS) is 19.3. The van der Waals surface area contributed by atoms with Crippen molar-refractivity contribution < 1.29 is 32.9 Å². The third-order valence-corrected chi connectivity index (χ3v) is 9.04. The first-order valence-corrected chi connectivity index (χ1v) is 15.1. The van der Waals surface area contributed by atoms with E-state index in [1.807, 2.05) is 45.0 Å². The van der Waals surface area contributed by atoms with Crippen LogP contribution in [-0.2, 0) is 17.7 Å². The van der Waals surface area contributed by atoms with Crippen LogP contribution in [-0.4, -0.2) is 88.2 Å². The zero-order valence-electron chi connectivity index (χ0n) is 25.5. The number of carbonyl (C=O) groups is 1. The van der Waals surface area contributed by atoms with E-state index in [-0.39, 0.29) is 23.8 Å². The Hall–Kier alpha value is -3.57. The highest BCUT2D eigenvalue weighted by atomic mass is 19.4. The van der Waals surface area contributed by atoms with E-state index in [2.05, 4.69) is 11.8 Å². The SMILES string of the molecule is Cc1c(N2CCC3(CN(C(=O)OC(C)(C)C)C3)C2)nc2c(c1-c1cccc3cc(O)ccc13)CCN(CC(O)C(F)(F)F)C2. The number of nitrogens with zero attached hydrogens (tertiary/aromatic N) is 4. The Bertz CT molecular complexity index is 1600. The molecular formula is C33H39F3N4O4. The number of anilines is 1. The number of benzene rings is 2. The van der Waals surface area contributed by atoms with Crippen LogP contribution in [0.15, 0.2) is 36.4 Å². The molecule has 0 saturated carbocycles. The molecule has 2 saturated heterocycles. The number of hydrogen-bond acceptors (Lipinski definition) is 7. The van der Waals surface area contributed by atoms with E-state index in [4.69, 9.17) is 9.72 Å². The molecule has 0 radical (unpaired) electrons. The fourth-order valence-corrected chi connectivity index (χ4v) is 6.98. The molecule has 3 aromatic rings.